The van der Waals surface area contributed by atoms with Crippen LogP contribution in [-0.2, 0) is 14.8 Å². The van der Waals surface area contributed by atoms with E-state index in [1.54, 1.807) is 6.92 Å². The lowest BCUT2D eigenvalue weighted by atomic mass is 10.4. The number of aryl methyl sites for hydroxylation is 1. The van der Waals surface area contributed by atoms with Crippen molar-refractivity contribution in [2.24, 2.45) is 0 Å². The predicted octanol–water partition coefficient (Wildman–Crippen LogP) is 2.63. The monoisotopic (exact) mass is 334 g/mol. The van der Waals surface area contributed by atoms with Gasteiger partial charge in [-0.1, -0.05) is 11.6 Å². The minimum Gasteiger partial charge on any atom is -0.464 e. The van der Waals surface area contributed by atoms with Gasteiger partial charge in [0.15, 0.2) is 0 Å². The highest BCUT2D eigenvalue weighted by molar-refractivity contribution is 7.94. The van der Waals surface area contributed by atoms with Crippen molar-refractivity contribution in [3.63, 3.8) is 0 Å². The van der Waals surface area contributed by atoms with Crippen molar-refractivity contribution in [2.75, 3.05) is 11.8 Å². The maximum absolute atomic E-state index is 12.2. The number of hydrogen-bond acceptors (Lipinski definition) is 5. The van der Waals surface area contributed by atoms with Gasteiger partial charge in [0.2, 0.25) is 0 Å². The number of rotatable bonds is 4. The smallest absolute Gasteiger partial charge is 0.356 e. The molecule has 0 bridgehead atoms. The summed E-state index contributed by atoms with van der Waals surface area (Å²) in [5.74, 6) is -0.653. The first-order chi connectivity index (χ1) is 9.33. The zero-order chi connectivity index (χ0) is 14.9. The van der Waals surface area contributed by atoms with Crippen LogP contribution in [0.4, 0.5) is 5.69 Å². The Balaban J connectivity index is 2.37. The lowest BCUT2D eigenvalue weighted by molar-refractivity contribution is 0.0596. The average molecular weight is 335 g/mol. The van der Waals surface area contributed by atoms with Gasteiger partial charge in [-0.05, 0) is 25.1 Å². The summed E-state index contributed by atoms with van der Waals surface area (Å²) in [6.45, 7) is 1.70. The molecule has 2 heterocycles. The average Bonchev–Trinajstić information content (AvgIpc) is 2.95. The number of aromatic nitrogens is 1. The Hall–Kier alpha value is -1.51. The number of sulfonamides is 1. The number of H-pyrrole nitrogens is 1. The second-order valence-corrected chi connectivity index (χ2v) is 7.52. The fourth-order valence-electron chi connectivity index (χ4n) is 1.57. The van der Waals surface area contributed by atoms with Crippen LogP contribution in [0.1, 0.15) is 16.2 Å². The summed E-state index contributed by atoms with van der Waals surface area (Å²) in [4.78, 5) is 14.3. The van der Waals surface area contributed by atoms with E-state index in [2.05, 4.69) is 14.4 Å². The maximum atomic E-state index is 12.2. The van der Waals surface area contributed by atoms with E-state index < -0.39 is 16.0 Å². The van der Waals surface area contributed by atoms with Crippen LogP contribution in [0.2, 0.25) is 4.34 Å². The van der Waals surface area contributed by atoms with Crippen molar-refractivity contribution < 1.29 is 17.9 Å². The molecule has 20 heavy (non-hydrogen) atoms. The van der Waals surface area contributed by atoms with Crippen LogP contribution in [0.15, 0.2) is 22.4 Å². The largest absolute Gasteiger partial charge is 0.464 e. The number of halogens is 1. The summed E-state index contributed by atoms with van der Waals surface area (Å²) < 4.78 is 31.7. The Morgan fingerprint density at radius 1 is 1.45 bits per heavy atom. The molecule has 0 fully saturated rings. The van der Waals surface area contributed by atoms with Gasteiger partial charge in [-0.2, -0.15) is 0 Å². The number of esters is 1. The van der Waals surface area contributed by atoms with Crippen molar-refractivity contribution >= 4 is 44.6 Å². The molecule has 0 aliphatic carbocycles. The Bertz CT molecular complexity index is 748. The number of hydrogen-bond donors (Lipinski definition) is 2. The summed E-state index contributed by atoms with van der Waals surface area (Å²) in [7, 11) is -2.57. The molecular formula is C11H11ClN2O4S2. The van der Waals surface area contributed by atoms with Crippen molar-refractivity contribution in [1.82, 2.24) is 4.98 Å². The molecule has 2 aromatic rings. The molecular weight excluding hydrogens is 324 g/mol. The summed E-state index contributed by atoms with van der Waals surface area (Å²) >= 11 is 6.65. The van der Waals surface area contributed by atoms with E-state index >= 15 is 0 Å². The number of aromatic amines is 1. The highest BCUT2D eigenvalue weighted by atomic mass is 35.5. The Kier molecular flexibility index (Phi) is 4.07. The molecule has 0 aliphatic heterocycles. The number of thiophene rings is 1. The standard InChI is InChI=1S/C11H11ClN2O4S2/c1-6-5-7(10(13-6)11(15)18-2)14-20(16,17)9-4-3-8(12)19-9/h3-5,13-14H,1-2H3. The molecule has 0 aromatic carbocycles. The molecule has 6 nitrogen and oxygen atoms in total. The minimum absolute atomic E-state index is 0.0521. The first-order valence-corrected chi connectivity index (χ1v) is 8.07. The minimum atomic E-state index is -3.79. The van der Waals surface area contributed by atoms with Gasteiger partial charge in [0.05, 0.1) is 17.1 Å². The van der Waals surface area contributed by atoms with Gasteiger partial charge in [-0.15, -0.1) is 11.3 Å². The van der Waals surface area contributed by atoms with Crippen LogP contribution in [0.3, 0.4) is 0 Å². The molecule has 0 unspecified atom stereocenters. The fourth-order valence-corrected chi connectivity index (χ4v) is 4.12. The van der Waals surface area contributed by atoms with E-state index in [1.807, 2.05) is 0 Å². The highest BCUT2D eigenvalue weighted by Gasteiger charge is 2.22. The first kappa shape index (κ1) is 14.9. The summed E-state index contributed by atoms with van der Waals surface area (Å²) in [5.41, 5.74) is 0.822. The van der Waals surface area contributed by atoms with Crippen LogP contribution < -0.4 is 4.72 Å². The molecule has 0 atom stereocenters. The van der Waals surface area contributed by atoms with Gasteiger partial charge >= 0.3 is 5.97 Å². The molecule has 0 spiro atoms. The molecule has 0 radical (unpaired) electrons. The fraction of sp³-hybridized carbons (Fsp3) is 0.182. The van der Waals surface area contributed by atoms with E-state index in [1.165, 1.54) is 25.3 Å². The van der Waals surface area contributed by atoms with E-state index in [9.17, 15) is 13.2 Å². The van der Waals surface area contributed by atoms with Crippen molar-refractivity contribution in [3.05, 3.63) is 33.9 Å². The normalized spacial score (nSPS) is 11.3. The van der Waals surface area contributed by atoms with E-state index in [4.69, 9.17) is 11.6 Å². The number of methoxy groups -OCH3 is 1. The molecule has 108 valence electrons. The zero-order valence-electron chi connectivity index (χ0n) is 10.6. The van der Waals surface area contributed by atoms with Crippen LogP contribution in [0.5, 0.6) is 0 Å². The van der Waals surface area contributed by atoms with Gasteiger partial charge in [-0.3, -0.25) is 4.72 Å². The van der Waals surface area contributed by atoms with Crippen molar-refractivity contribution in [3.8, 4) is 0 Å². The maximum Gasteiger partial charge on any atom is 0.356 e. The van der Waals surface area contributed by atoms with Crippen molar-refractivity contribution in [2.45, 2.75) is 11.1 Å². The van der Waals surface area contributed by atoms with Gasteiger partial charge in [0, 0.05) is 5.69 Å². The molecule has 0 aliphatic rings. The number of anilines is 1. The van der Waals surface area contributed by atoms with Gasteiger partial charge in [0.25, 0.3) is 10.0 Å². The lowest BCUT2D eigenvalue weighted by Gasteiger charge is -2.06. The lowest BCUT2D eigenvalue weighted by Crippen LogP contribution is -2.14. The van der Waals surface area contributed by atoms with E-state index in [0.29, 0.717) is 10.0 Å². The third kappa shape index (κ3) is 2.97. The van der Waals surface area contributed by atoms with Crippen LogP contribution in [0.25, 0.3) is 0 Å². The second kappa shape index (κ2) is 5.47. The molecule has 2 N–H and O–H groups in total. The van der Waals surface area contributed by atoms with Gasteiger partial charge < -0.3 is 9.72 Å². The van der Waals surface area contributed by atoms with E-state index in [-0.39, 0.29) is 15.6 Å². The van der Waals surface area contributed by atoms with Crippen LogP contribution in [-0.4, -0.2) is 26.5 Å². The zero-order valence-corrected chi connectivity index (χ0v) is 12.9. The van der Waals surface area contributed by atoms with Gasteiger partial charge in [0.1, 0.15) is 9.90 Å². The van der Waals surface area contributed by atoms with Crippen LogP contribution in [0, 0.1) is 6.92 Å². The molecule has 2 rings (SSSR count). The summed E-state index contributed by atoms with van der Waals surface area (Å²) in [6, 6.07) is 4.40. The quantitative estimate of drug-likeness (QED) is 0.841. The molecule has 2 aromatic heterocycles. The van der Waals surface area contributed by atoms with Crippen molar-refractivity contribution in [1.29, 1.82) is 0 Å². The third-order valence-electron chi connectivity index (χ3n) is 2.40. The molecule has 0 saturated carbocycles. The summed E-state index contributed by atoms with van der Waals surface area (Å²) in [6.07, 6.45) is 0. The molecule has 0 amide bonds. The Morgan fingerprint density at radius 3 is 2.70 bits per heavy atom. The van der Waals surface area contributed by atoms with E-state index in [0.717, 1.165) is 11.3 Å². The number of carbonyl (C=O) groups excluding carboxylic acids is 1. The predicted molar refractivity (Wildman–Crippen MR) is 77.0 cm³/mol. The Morgan fingerprint density at radius 2 is 2.15 bits per heavy atom. The SMILES string of the molecule is COC(=O)c1[nH]c(C)cc1NS(=O)(=O)c1ccc(Cl)s1. The number of ether oxygens (including phenoxy) is 1. The molecule has 0 saturated heterocycles. The van der Waals surface area contributed by atoms with Crippen LogP contribution >= 0.6 is 22.9 Å². The van der Waals surface area contributed by atoms with Gasteiger partial charge in [-0.25, -0.2) is 13.2 Å². The number of nitrogens with one attached hydrogen (secondary N) is 2. The second-order valence-electron chi connectivity index (χ2n) is 3.90. The summed E-state index contributed by atoms with van der Waals surface area (Å²) in [5, 5.41) is 0. The highest BCUT2D eigenvalue weighted by Crippen LogP contribution is 2.28. The third-order valence-corrected chi connectivity index (χ3v) is 5.49. The molecule has 9 heteroatoms. The first-order valence-electron chi connectivity index (χ1n) is 5.39. The topological polar surface area (TPSA) is 88.3 Å². The number of carbonyl (C=O) groups is 1. The Labute approximate surface area is 124 Å².